The molecule has 7 nitrogen and oxygen atoms in total. The first-order chi connectivity index (χ1) is 11.8. The summed E-state index contributed by atoms with van der Waals surface area (Å²) in [6.45, 7) is 0. The summed E-state index contributed by atoms with van der Waals surface area (Å²) in [7, 11) is -0.298. The van der Waals surface area contributed by atoms with Crippen molar-refractivity contribution in [2.45, 2.75) is 4.90 Å². The quantitative estimate of drug-likeness (QED) is 0.787. The maximum atomic E-state index is 13.8. The predicted octanol–water partition coefficient (Wildman–Crippen LogP) is 2.43. The number of methoxy groups -OCH3 is 3. The van der Waals surface area contributed by atoms with E-state index < -0.39 is 21.8 Å². The van der Waals surface area contributed by atoms with E-state index in [1.807, 2.05) is 0 Å². The number of esters is 1. The highest BCUT2D eigenvalue weighted by Gasteiger charge is 2.20. The first kappa shape index (κ1) is 18.5. The third kappa shape index (κ3) is 4.00. The molecule has 2 aromatic carbocycles. The van der Waals surface area contributed by atoms with Gasteiger partial charge < -0.3 is 14.2 Å². The molecular weight excluding hydrogens is 353 g/mol. The highest BCUT2D eigenvalue weighted by atomic mass is 32.2. The van der Waals surface area contributed by atoms with Crippen molar-refractivity contribution in [3.8, 4) is 11.5 Å². The van der Waals surface area contributed by atoms with Crippen LogP contribution in [0.5, 0.6) is 11.5 Å². The molecule has 0 saturated carbocycles. The molecule has 134 valence electrons. The van der Waals surface area contributed by atoms with E-state index in [0.717, 1.165) is 6.07 Å². The van der Waals surface area contributed by atoms with Crippen LogP contribution in [0.4, 0.5) is 10.1 Å². The number of sulfonamides is 1. The van der Waals surface area contributed by atoms with Crippen LogP contribution in [0.2, 0.25) is 0 Å². The van der Waals surface area contributed by atoms with Gasteiger partial charge in [0.2, 0.25) is 0 Å². The molecule has 0 aliphatic carbocycles. The van der Waals surface area contributed by atoms with Crippen LogP contribution >= 0.6 is 0 Å². The molecule has 9 heteroatoms. The monoisotopic (exact) mass is 369 g/mol. The topological polar surface area (TPSA) is 90.9 Å². The third-order valence-electron chi connectivity index (χ3n) is 3.30. The first-order valence-corrected chi connectivity index (χ1v) is 8.43. The third-order valence-corrected chi connectivity index (χ3v) is 4.66. The van der Waals surface area contributed by atoms with Gasteiger partial charge in [-0.25, -0.2) is 17.6 Å². The van der Waals surface area contributed by atoms with Gasteiger partial charge in [-0.2, -0.15) is 0 Å². The van der Waals surface area contributed by atoms with E-state index in [4.69, 9.17) is 9.47 Å². The van der Waals surface area contributed by atoms with Gasteiger partial charge in [0, 0.05) is 0 Å². The Morgan fingerprint density at radius 2 is 1.64 bits per heavy atom. The molecule has 0 heterocycles. The second-order valence-electron chi connectivity index (χ2n) is 4.81. The Bertz CT molecular complexity index is 897. The summed E-state index contributed by atoms with van der Waals surface area (Å²) in [5.74, 6) is -1.35. The average Bonchev–Trinajstić information content (AvgIpc) is 2.60. The number of rotatable bonds is 6. The number of carbonyl (C=O) groups is 1. The summed E-state index contributed by atoms with van der Waals surface area (Å²) in [5.41, 5.74) is 0.142. The Morgan fingerprint density at radius 3 is 2.20 bits per heavy atom. The normalized spacial score (nSPS) is 10.9. The van der Waals surface area contributed by atoms with Crippen LogP contribution in [0, 0.1) is 5.82 Å². The number of carbonyl (C=O) groups excluding carboxylic acids is 1. The molecule has 0 fully saturated rings. The fourth-order valence-electron chi connectivity index (χ4n) is 2.05. The number of halogens is 1. The summed E-state index contributed by atoms with van der Waals surface area (Å²) in [6.07, 6.45) is 0. The molecule has 0 aliphatic heterocycles. The molecule has 0 spiro atoms. The molecule has 25 heavy (non-hydrogen) atoms. The average molecular weight is 369 g/mol. The van der Waals surface area contributed by atoms with Crippen molar-refractivity contribution in [2.24, 2.45) is 0 Å². The van der Waals surface area contributed by atoms with Gasteiger partial charge in [-0.15, -0.1) is 0 Å². The van der Waals surface area contributed by atoms with Crippen molar-refractivity contribution in [3.63, 3.8) is 0 Å². The lowest BCUT2D eigenvalue weighted by atomic mass is 10.2. The minimum atomic E-state index is -4.12. The highest BCUT2D eigenvalue weighted by molar-refractivity contribution is 7.92. The van der Waals surface area contributed by atoms with E-state index in [2.05, 4.69) is 9.46 Å². The molecule has 0 aliphatic rings. The Kier molecular flexibility index (Phi) is 5.48. The Labute approximate surface area is 144 Å². The second-order valence-corrected chi connectivity index (χ2v) is 6.49. The minimum absolute atomic E-state index is 0.0154. The van der Waals surface area contributed by atoms with Crippen LogP contribution in [-0.4, -0.2) is 35.7 Å². The Hall–Kier alpha value is -2.81. The Balaban J connectivity index is 2.43. The van der Waals surface area contributed by atoms with Crippen molar-refractivity contribution in [1.29, 1.82) is 0 Å². The van der Waals surface area contributed by atoms with E-state index in [1.165, 1.54) is 51.7 Å². The van der Waals surface area contributed by atoms with Gasteiger partial charge in [0.1, 0.15) is 5.75 Å². The number of ether oxygens (including phenoxy) is 3. The number of anilines is 1. The van der Waals surface area contributed by atoms with Crippen LogP contribution in [0.3, 0.4) is 0 Å². The predicted molar refractivity (Wildman–Crippen MR) is 88.1 cm³/mol. The largest absolute Gasteiger partial charge is 0.495 e. The summed E-state index contributed by atoms with van der Waals surface area (Å²) in [6, 6.07) is 7.33. The molecule has 0 radical (unpaired) electrons. The van der Waals surface area contributed by atoms with E-state index in [1.54, 1.807) is 0 Å². The molecular formula is C16H16FNO6S. The highest BCUT2D eigenvalue weighted by Crippen LogP contribution is 2.29. The van der Waals surface area contributed by atoms with Gasteiger partial charge in [-0.1, -0.05) is 0 Å². The smallest absolute Gasteiger partial charge is 0.337 e. The number of hydrogen-bond acceptors (Lipinski definition) is 6. The molecule has 2 rings (SSSR count). The van der Waals surface area contributed by atoms with Crippen LogP contribution in [0.25, 0.3) is 0 Å². The zero-order chi connectivity index (χ0) is 18.6. The van der Waals surface area contributed by atoms with Crippen LogP contribution in [0.15, 0.2) is 41.3 Å². The van der Waals surface area contributed by atoms with E-state index in [9.17, 15) is 17.6 Å². The molecule has 0 aromatic heterocycles. The van der Waals surface area contributed by atoms with Crippen LogP contribution in [-0.2, 0) is 14.8 Å². The van der Waals surface area contributed by atoms with Crippen molar-refractivity contribution in [1.82, 2.24) is 0 Å². The lowest BCUT2D eigenvalue weighted by molar-refractivity contribution is 0.0600. The Morgan fingerprint density at radius 1 is 1.00 bits per heavy atom. The second kappa shape index (κ2) is 7.39. The molecule has 0 amide bonds. The van der Waals surface area contributed by atoms with Gasteiger partial charge in [0.15, 0.2) is 11.6 Å². The van der Waals surface area contributed by atoms with Crippen molar-refractivity contribution >= 4 is 21.7 Å². The standard InChI is InChI=1S/C16H16FNO6S/c1-22-14-7-5-11(9-12(14)17)25(20,21)18-13-8-10(16(19)24-3)4-6-15(13)23-2/h4-9,18H,1-3H3. The molecule has 1 N–H and O–H groups in total. The van der Waals surface area contributed by atoms with E-state index in [-0.39, 0.29) is 27.6 Å². The van der Waals surface area contributed by atoms with E-state index in [0.29, 0.717) is 0 Å². The minimum Gasteiger partial charge on any atom is -0.495 e. The zero-order valence-corrected chi connectivity index (χ0v) is 14.5. The maximum Gasteiger partial charge on any atom is 0.337 e. The number of benzene rings is 2. The van der Waals surface area contributed by atoms with Gasteiger partial charge >= 0.3 is 5.97 Å². The summed E-state index contributed by atoms with van der Waals surface area (Å²) < 4.78 is 55.5. The number of nitrogens with one attached hydrogen (secondary N) is 1. The van der Waals surface area contributed by atoms with Crippen molar-refractivity contribution in [2.75, 3.05) is 26.1 Å². The number of hydrogen-bond donors (Lipinski definition) is 1. The lowest BCUT2D eigenvalue weighted by Gasteiger charge is -2.13. The molecule has 0 atom stereocenters. The molecule has 0 unspecified atom stereocenters. The molecule has 2 aromatic rings. The summed E-state index contributed by atoms with van der Waals surface area (Å²) >= 11 is 0. The van der Waals surface area contributed by atoms with Crippen LogP contribution in [0.1, 0.15) is 10.4 Å². The lowest BCUT2D eigenvalue weighted by Crippen LogP contribution is -2.15. The first-order valence-electron chi connectivity index (χ1n) is 6.95. The molecule has 0 bridgehead atoms. The maximum absolute atomic E-state index is 13.8. The van der Waals surface area contributed by atoms with Gasteiger partial charge in [0.25, 0.3) is 10.0 Å². The fraction of sp³-hybridized carbons (Fsp3) is 0.188. The summed E-state index contributed by atoms with van der Waals surface area (Å²) in [4.78, 5) is 11.3. The van der Waals surface area contributed by atoms with Gasteiger partial charge in [-0.05, 0) is 36.4 Å². The van der Waals surface area contributed by atoms with Crippen molar-refractivity contribution in [3.05, 3.63) is 47.8 Å². The SMILES string of the molecule is COC(=O)c1ccc(OC)c(NS(=O)(=O)c2ccc(OC)c(F)c2)c1. The van der Waals surface area contributed by atoms with Gasteiger partial charge in [-0.3, -0.25) is 4.72 Å². The van der Waals surface area contributed by atoms with Gasteiger partial charge in [0.05, 0.1) is 37.5 Å². The van der Waals surface area contributed by atoms with E-state index >= 15 is 0 Å². The molecule has 0 saturated heterocycles. The fourth-order valence-corrected chi connectivity index (χ4v) is 3.12. The van der Waals surface area contributed by atoms with Crippen LogP contribution < -0.4 is 14.2 Å². The summed E-state index contributed by atoms with van der Waals surface area (Å²) in [5, 5.41) is 0. The van der Waals surface area contributed by atoms with Crippen molar-refractivity contribution < 1.29 is 31.8 Å². The zero-order valence-electron chi connectivity index (χ0n) is 13.7.